The summed E-state index contributed by atoms with van der Waals surface area (Å²) in [5.41, 5.74) is 4.33. The zero-order valence-corrected chi connectivity index (χ0v) is 17.6. The SMILES string of the molecule is CCN(C)/C=N\c1cc(C)c(C2CC(c3cc(Cl)ccc3Cl)=NO2)cc1Cl. The molecule has 1 aliphatic heterocycles. The van der Waals surface area contributed by atoms with Gasteiger partial charge in [0.1, 0.15) is 0 Å². The first kappa shape index (κ1) is 20.0. The topological polar surface area (TPSA) is 37.2 Å². The summed E-state index contributed by atoms with van der Waals surface area (Å²) < 4.78 is 0. The number of nitrogens with zero attached hydrogens (tertiary/aromatic N) is 3. The molecule has 3 rings (SSSR count). The molecule has 0 aliphatic carbocycles. The van der Waals surface area contributed by atoms with Crippen LogP contribution in [0, 0.1) is 6.92 Å². The second-order valence-corrected chi connectivity index (χ2v) is 7.69. The van der Waals surface area contributed by atoms with Crippen molar-refractivity contribution in [2.24, 2.45) is 10.1 Å². The third-order valence-electron chi connectivity index (χ3n) is 4.48. The molecule has 27 heavy (non-hydrogen) atoms. The summed E-state index contributed by atoms with van der Waals surface area (Å²) in [6, 6.07) is 9.18. The van der Waals surface area contributed by atoms with Crippen LogP contribution in [0.25, 0.3) is 0 Å². The molecule has 4 nitrogen and oxygen atoms in total. The molecule has 2 aromatic rings. The van der Waals surface area contributed by atoms with Gasteiger partial charge in [0.05, 0.1) is 22.8 Å². The van der Waals surface area contributed by atoms with Gasteiger partial charge in [0.15, 0.2) is 6.10 Å². The number of oxime groups is 1. The molecule has 1 atom stereocenters. The Hall–Kier alpha value is -1.75. The van der Waals surface area contributed by atoms with Gasteiger partial charge in [0.2, 0.25) is 0 Å². The second kappa shape index (κ2) is 8.51. The van der Waals surface area contributed by atoms with Gasteiger partial charge in [-0.25, -0.2) is 4.99 Å². The Morgan fingerprint density at radius 2 is 2.00 bits per heavy atom. The van der Waals surface area contributed by atoms with E-state index in [1.165, 1.54) is 0 Å². The van der Waals surface area contributed by atoms with Gasteiger partial charge in [0.25, 0.3) is 0 Å². The van der Waals surface area contributed by atoms with Crippen LogP contribution in [0.2, 0.25) is 15.1 Å². The second-order valence-electron chi connectivity index (χ2n) is 6.44. The van der Waals surface area contributed by atoms with E-state index in [2.05, 4.69) is 17.1 Å². The lowest BCUT2D eigenvalue weighted by Crippen LogP contribution is -2.14. The highest BCUT2D eigenvalue weighted by atomic mass is 35.5. The standard InChI is InChI=1S/C20H20Cl3N3O/c1-4-26(3)11-24-19-7-12(2)14(9-17(19)23)20-10-18(25-27-20)15-8-13(21)5-6-16(15)22/h5-9,11,20H,4,10H2,1-3H3/b24-11-. The van der Waals surface area contributed by atoms with Crippen molar-refractivity contribution in [1.82, 2.24) is 4.90 Å². The predicted molar refractivity (Wildman–Crippen MR) is 114 cm³/mol. The molecule has 0 spiro atoms. The minimum atomic E-state index is -0.219. The maximum atomic E-state index is 6.44. The lowest BCUT2D eigenvalue weighted by atomic mass is 9.97. The molecule has 0 amide bonds. The Kier molecular flexibility index (Phi) is 6.30. The molecule has 0 fully saturated rings. The average Bonchev–Trinajstić information content (AvgIpc) is 3.13. The zero-order chi connectivity index (χ0) is 19.6. The normalized spacial score (nSPS) is 16.5. The van der Waals surface area contributed by atoms with Crippen molar-refractivity contribution in [2.45, 2.75) is 26.4 Å². The monoisotopic (exact) mass is 423 g/mol. The molecule has 1 heterocycles. The van der Waals surface area contributed by atoms with Gasteiger partial charge in [-0.1, -0.05) is 40.0 Å². The number of hydrogen-bond acceptors (Lipinski definition) is 3. The molecule has 2 aromatic carbocycles. The predicted octanol–water partition coefficient (Wildman–Crippen LogP) is 6.43. The zero-order valence-electron chi connectivity index (χ0n) is 15.3. The summed E-state index contributed by atoms with van der Waals surface area (Å²) in [7, 11) is 1.96. The molecule has 0 saturated heterocycles. The third kappa shape index (κ3) is 4.57. The lowest BCUT2D eigenvalue weighted by molar-refractivity contribution is 0.0853. The summed E-state index contributed by atoms with van der Waals surface area (Å²) in [6.07, 6.45) is 2.15. The van der Waals surface area contributed by atoms with E-state index in [1.54, 1.807) is 24.5 Å². The molecule has 0 saturated carbocycles. The fourth-order valence-corrected chi connectivity index (χ4v) is 3.41. The van der Waals surface area contributed by atoms with Crippen LogP contribution in [-0.4, -0.2) is 30.5 Å². The third-order valence-corrected chi connectivity index (χ3v) is 5.35. The number of aryl methyl sites for hydroxylation is 1. The molecule has 1 unspecified atom stereocenters. The lowest BCUT2D eigenvalue weighted by Gasteiger charge is -2.14. The molecule has 142 valence electrons. The Labute approximate surface area is 174 Å². The largest absolute Gasteiger partial charge is 0.387 e. The van der Waals surface area contributed by atoms with E-state index >= 15 is 0 Å². The molecular weight excluding hydrogens is 405 g/mol. The molecule has 7 heteroatoms. The summed E-state index contributed by atoms with van der Waals surface area (Å²) >= 11 is 18.8. The van der Waals surface area contributed by atoms with Gasteiger partial charge in [-0.15, -0.1) is 0 Å². The van der Waals surface area contributed by atoms with Crippen LogP contribution < -0.4 is 0 Å². The van der Waals surface area contributed by atoms with Gasteiger partial charge < -0.3 is 9.74 Å². The van der Waals surface area contributed by atoms with Gasteiger partial charge >= 0.3 is 0 Å². The van der Waals surface area contributed by atoms with Crippen LogP contribution in [0.15, 0.2) is 40.5 Å². The maximum absolute atomic E-state index is 6.44. The highest BCUT2D eigenvalue weighted by molar-refractivity contribution is 6.36. The van der Waals surface area contributed by atoms with E-state index in [0.29, 0.717) is 21.5 Å². The fourth-order valence-electron chi connectivity index (χ4n) is 2.79. The summed E-state index contributed by atoms with van der Waals surface area (Å²) in [4.78, 5) is 12.1. The van der Waals surface area contributed by atoms with Gasteiger partial charge in [-0.3, -0.25) is 0 Å². The van der Waals surface area contributed by atoms with Crippen LogP contribution in [0.4, 0.5) is 5.69 Å². The van der Waals surface area contributed by atoms with E-state index in [0.717, 1.165) is 34.6 Å². The van der Waals surface area contributed by atoms with Crippen molar-refractivity contribution in [3.8, 4) is 0 Å². The van der Waals surface area contributed by atoms with Crippen LogP contribution >= 0.6 is 34.8 Å². The quantitative estimate of drug-likeness (QED) is 0.409. The minimum Gasteiger partial charge on any atom is -0.387 e. The Morgan fingerprint density at radius 1 is 1.22 bits per heavy atom. The number of hydrogen-bond donors (Lipinski definition) is 0. The van der Waals surface area contributed by atoms with E-state index in [4.69, 9.17) is 39.6 Å². The minimum absolute atomic E-state index is 0.219. The van der Waals surface area contributed by atoms with Gasteiger partial charge in [0, 0.05) is 35.6 Å². The smallest absolute Gasteiger partial charge is 0.158 e. The first-order chi connectivity index (χ1) is 12.9. The van der Waals surface area contributed by atoms with E-state index in [-0.39, 0.29) is 6.10 Å². The van der Waals surface area contributed by atoms with Crippen molar-refractivity contribution in [2.75, 3.05) is 13.6 Å². The number of rotatable bonds is 5. The summed E-state index contributed by atoms with van der Waals surface area (Å²) in [5, 5.41) is 6.01. The molecule has 0 N–H and O–H groups in total. The van der Waals surface area contributed by atoms with E-state index < -0.39 is 0 Å². The Bertz CT molecular complexity index is 912. The first-order valence-corrected chi connectivity index (χ1v) is 9.75. The highest BCUT2D eigenvalue weighted by Crippen LogP contribution is 2.37. The highest BCUT2D eigenvalue weighted by Gasteiger charge is 2.27. The number of halogens is 3. The van der Waals surface area contributed by atoms with Crippen LogP contribution in [0.5, 0.6) is 0 Å². The van der Waals surface area contributed by atoms with Crippen LogP contribution in [-0.2, 0) is 4.84 Å². The van der Waals surface area contributed by atoms with Crippen molar-refractivity contribution in [3.05, 3.63) is 62.1 Å². The van der Waals surface area contributed by atoms with Crippen molar-refractivity contribution < 1.29 is 4.84 Å². The molecule has 0 radical (unpaired) electrons. The van der Waals surface area contributed by atoms with Crippen LogP contribution in [0.1, 0.15) is 36.1 Å². The van der Waals surface area contributed by atoms with Crippen LogP contribution in [0.3, 0.4) is 0 Å². The molecule has 0 aromatic heterocycles. The fraction of sp³-hybridized carbons (Fsp3) is 0.300. The summed E-state index contributed by atoms with van der Waals surface area (Å²) in [5.74, 6) is 0. The molecule has 1 aliphatic rings. The molecule has 0 bridgehead atoms. The van der Waals surface area contributed by atoms with E-state index in [1.807, 2.05) is 31.0 Å². The summed E-state index contributed by atoms with van der Waals surface area (Å²) in [6.45, 7) is 4.95. The van der Waals surface area contributed by atoms with Crippen molar-refractivity contribution >= 4 is 52.5 Å². The first-order valence-electron chi connectivity index (χ1n) is 8.61. The average molecular weight is 425 g/mol. The van der Waals surface area contributed by atoms with Crippen molar-refractivity contribution in [3.63, 3.8) is 0 Å². The Balaban J connectivity index is 1.81. The van der Waals surface area contributed by atoms with Gasteiger partial charge in [-0.05, 0) is 55.3 Å². The Morgan fingerprint density at radius 3 is 2.74 bits per heavy atom. The van der Waals surface area contributed by atoms with E-state index in [9.17, 15) is 0 Å². The maximum Gasteiger partial charge on any atom is 0.158 e. The van der Waals surface area contributed by atoms with Gasteiger partial charge in [-0.2, -0.15) is 0 Å². The van der Waals surface area contributed by atoms with Crippen molar-refractivity contribution in [1.29, 1.82) is 0 Å². The molecular formula is C20H20Cl3N3O. The number of benzene rings is 2. The number of aliphatic imine (C=N–C) groups is 1.